The van der Waals surface area contributed by atoms with Gasteiger partial charge in [0.25, 0.3) is 5.91 Å². The monoisotopic (exact) mass is 200 g/mol. The summed E-state index contributed by atoms with van der Waals surface area (Å²) in [5.41, 5.74) is 0. The van der Waals surface area contributed by atoms with Crippen LogP contribution in [-0.4, -0.2) is 50.2 Å². The van der Waals surface area contributed by atoms with E-state index in [1.54, 1.807) is 4.90 Å². The zero-order valence-corrected chi connectivity index (χ0v) is 9.08. The molecule has 1 atom stereocenters. The molecular formula is C10H20N2O2. The number of nitrogens with zero attached hydrogens (tertiary/aromatic N) is 1. The van der Waals surface area contributed by atoms with E-state index in [1.165, 1.54) is 0 Å². The molecule has 0 aromatic heterocycles. The summed E-state index contributed by atoms with van der Waals surface area (Å²) < 4.78 is 5.39. The maximum atomic E-state index is 11.8. The first-order valence-corrected chi connectivity index (χ1v) is 5.33. The van der Waals surface area contributed by atoms with E-state index >= 15 is 0 Å². The SMILES string of the molecule is CCCCN(C)C(=O)C1CNCCO1. The summed E-state index contributed by atoms with van der Waals surface area (Å²) in [5.74, 6) is 0.102. The maximum absolute atomic E-state index is 11.8. The van der Waals surface area contributed by atoms with Gasteiger partial charge >= 0.3 is 0 Å². The van der Waals surface area contributed by atoms with Gasteiger partial charge in [-0.25, -0.2) is 0 Å². The summed E-state index contributed by atoms with van der Waals surface area (Å²) in [6.07, 6.45) is 1.90. The highest BCUT2D eigenvalue weighted by atomic mass is 16.5. The summed E-state index contributed by atoms with van der Waals surface area (Å²) in [4.78, 5) is 13.5. The molecule has 14 heavy (non-hydrogen) atoms. The number of likely N-dealkylation sites (N-methyl/N-ethyl adjacent to an activating group) is 1. The van der Waals surface area contributed by atoms with E-state index < -0.39 is 0 Å². The maximum Gasteiger partial charge on any atom is 0.252 e. The molecule has 1 unspecified atom stereocenters. The molecule has 1 N–H and O–H groups in total. The largest absolute Gasteiger partial charge is 0.366 e. The fourth-order valence-corrected chi connectivity index (χ4v) is 1.48. The van der Waals surface area contributed by atoms with Gasteiger partial charge in [-0.3, -0.25) is 4.79 Å². The minimum Gasteiger partial charge on any atom is -0.366 e. The summed E-state index contributed by atoms with van der Waals surface area (Å²) in [7, 11) is 1.84. The van der Waals surface area contributed by atoms with Crippen LogP contribution in [0.25, 0.3) is 0 Å². The molecule has 1 aliphatic rings. The van der Waals surface area contributed by atoms with Crippen molar-refractivity contribution < 1.29 is 9.53 Å². The molecule has 0 saturated carbocycles. The van der Waals surface area contributed by atoms with E-state index in [-0.39, 0.29) is 12.0 Å². The van der Waals surface area contributed by atoms with Crippen LogP contribution in [0, 0.1) is 0 Å². The van der Waals surface area contributed by atoms with Crippen molar-refractivity contribution in [1.82, 2.24) is 10.2 Å². The molecule has 1 heterocycles. The number of carbonyl (C=O) groups excluding carboxylic acids is 1. The number of rotatable bonds is 4. The number of unbranched alkanes of at least 4 members (excludes halogenated alkanes) is 1. The van der Waals surface area contributed by atoms with Crippen LogP contribution in [0.2, 0.25) is 0 Å². The molecule has 1 saturated heterocycles. The van der Waals surface area contributed by atoms with Gasteiger partial charge in [-0.15, -0.1) is 0 Å². The molecule has 1 fully saturated rings. The van der Waals surface area contributed by atoms with Crippen LogP contribution in [0.4, 0.5) is 0 Å². The van der Waals surface area contributed by atoms with Crippen molar-refractivity contribution in [1.29, 1.82) is 0 Å². The van der Waals surface area contributed by atoms with Gasteiger partial charge in [-0.05, 0) is 6.42 Å². The average Bonchev–Trinajstić information content (AvgIpc) is 2.26. The van der Waals surface area contributed by atoms with Crippen LogP contribution >= 0.6 is 0 Å². The molecule has 0 aliphatic carbocycles. The summed E-state index contributed by atoms with van der Waals surface area (Å²) in [6.45, 7) is 5.09. The quantitative estimate of drug-likeness (QED) is 0.706. The van der Waals surface area contributed by atoms with E-state index in [9.17, 15) is 4.79 Å². The van der Waals surface area contributed by atoms with Gasteiger partial charge in [-0.1, -0.05) is 13.3 Å². The smallest absolute Gasteiger partial charge is 0.252 e. The van der Waals surface area contributed by atoms with Crippen molar-refractivity contribution in [2.75, 3.05) is 33.3 Å². The van der Waals surface area contributed by atoms with Gasteiger partial charge in [0.2, 0.25) is 0 Å². The predicted octanol–water partition coefficient (Wildman–Crippen LogP) is 0.233. The van der Waals surface area contributed by atoms with Crippen molar-refractivity contribution in [2.45, 2.75) is 25.9 Å². The predicted molar refractivity (Wildman–Crippen MR) is 55.2 cm³/mol. The summed E-state index contributed by atoms with van der Waals surface area (Å²) >= 11 is 0. The minimum absolute atomic E-state index is 0.102. The molecule has 0 radical (unpaired) electrons. The van der Waals surface area contributed by atoms with Crippen molar-refractivity contribution in [2.24, 2.45) is 0 Å². The first-order valence-electron chi connectivity index (χ1n) is 5.33. The Balaban J connectivity index is 2.30. The molecule has 4 nitrogen and oxygen atoms in total. The molecule has 4 heteroatoms. The zero-order valence-electron chi connectivity index (χ0n) is 9.08. The number of carbonyl (C=O) groups is 1. The fraction of sp³-hybridized carbons (Fsp3) is 0.900. The van der Waals surface area contributed by atoms with E-state index in [0.29, 0.717) is 13.2 Å². The topological polar surface area (TPSA) is 41.6 Å². The highest BCUT2D eigenvalue weighted by Crippen LogP contribution is 2.02. The second-order valence-electron chi connectivity index (χ2n) is 3.68. The van der Waals surface area contributed by atoms with Gasteiger partial charge in [0.1, 0.15) is 6.10 Å². The zero-order chi connectivity index (χ0) is 10.4. The van der Waals surface area contributed by atoms with Crippen molar-refractivity contribution in [3.63, 3.8) is 0 Å². The average molecular weight is 200 g/mol. The Hall–Kier alpha value is -0.610. The molecule has 1 amide bonds. The number of morpholine rings is 1. The molecule has 1 rings (SSSR count). The molecule has 0 aromatic carbocycles. The van der Waals surface area contributed by atoms with Crippen LogP contribution in [0.15, 0.2) is 0 Å². The van der Waals surface area contributed by atoms with Gasteiger partial charge in [0.15, 0.2) is 0 Å². The van der Waals surface area contributed by atoms with E-state index in [2.05, 4.69) is 12.2 Å². The second-order valence-corrected chi connectivity index (χ2v) is 3.68. The standard InChI is InChI=1S/C10H20N2O2/c1-3-4-6-12(2)10(13)9-8-11-5-7-14-9/h9,11H,3-8H2,1-2H3. The summed E-state index contributed by atoms with van der Waals surface area (Å²) in [5, 5.41) is 3.15. The summed E-state index contributed by atoms with van der Waals surface area (Å²) in [6, 6.07) is 0. The lowest BCUT2D eigenvalue weighted by Gasteiger charge is -2.27. The van der Waals surface area contributed by atoms with Crippen LogP contribution < -0.4 is 5.32 Å². The Bertz CT molecular complexity index is 179. The molecule has 0 aromatic rings. The Labute approximate surface area is 85.6 Å². The third-order valence-electron chi connectivity index (χ3n) is 2.43. The molecular weight excluding hydrogens is 180 g/mol. The first-order chi connectivity index (χ1) is 6.75. The van der Waals surface area contributed by atoms with Gasteiger partial charge in [-0.2, -0.15) is 0 Å². The van der Waals surface area contributed by atoms with Gasteiger partial charge < -0.3 is 15.0 Å². The van der Waals surface area contributed by atoms with Crippen molar-refractivity contribution >= 4 is 5.91 Å². The second kappa shape index (κ2) is 5.98. The lowest BCUT2D eigenvalue weighted by molar-refractivity contribution is -0.143. The fourth-order valence-electron chi connectivity index (χ4n) is 1.48. The van der Waals surface area contributed by atoms with E-state index in [1.807, 2.05) is 7.05 Å². The number of amides is 1. The van der Waals surface area contributed by atoms with Crippen molar-refractivity contribution in [3.05, 3.63) is 0 Å². The lowest BCUT2D eigenvalue weighted by atomic mass is 10.2. The number of nitrogens with one attached hydrogen (secondary N) is 1. The number of hydrogen-bond acceptors (Lipinski definition) is 3. The van der Waals surface area contributed by atoms with Crippen LogP contribution in [0.3, 0.4) is 0 Å². The van der Waals surface area contributed by atoms with Crippen LogP contribution in [0.5, 0.6) is 0 Å². The minimum atomic E-state index is -0.273. The van der Waals surface area contributed by atoms with E-state index in [0.717, 1.165) is 25.9 Å². The Kier molecular flexibility index (Phi) is 4.90. The number of ether oxygens (including phenoxy) is 1. The first kappa shape index (κ1) is 11.5. The molecule has 1 aliphatic heterocycles. The number of hydrogen-bond donors (Lipinski definition) is 1. The lowest BCUT2D eigenvalue weighted by Crippen LogP contribution is -2.48. The van der Waals surface area contributed by atoms with E-state index in [4.69, 9.17) is 4.74 Å². The van der Waals surface area contributed by atoms with Crippen LogP contribution in [-0.2, 0) is 9.53 Å². The third-order valence-corrected chi connectivity index (χ3v) is 2.43. The van der Waals surface area contributed by atoms with Crippen molar-refractivity contribution in [3.8, 4) is 0 Å². The molecule has 82 valence electrons. The molecule has 0 spiro atoms. The highest BCUT2D eigenvalue weighted by Gasteiger charge is 2.24. The third kappa shape index (κ3) is 3.27. The Morgan fingerprint density at radius 3 is 3.00 bits per heavy atom. The van der Waals surface area contributed by atoms with Gasteiger partial charge in [0.05, 0.1) is 6.61 Å². The Morgan fingerprint density at radius 2 is 2.43 bits per heavy atom. The van der Waals surface area contributed by atoms with Crippen LogP contribution in [0.1, 0.15) is 19.8 Å². The highest BCUT2D eigenvalue weighted by molar-refractivity contribution is 5.81. The molecule has 0 bridgehead atoms. The van der Waals surface area contributed by atoms with Gasteiger partial charge in [0, 0.05) is 26.7 Å². The Morgan fingerprint density at radius 1 is 1.64 bits per heavy atom. The normalized spacial score (nSPS) is 22.0.